The highest BCUT2D eigenvalue weighted by Gasteiger charge is 2.34. The van der Waals surface area contributed by atoms with Crippen LogP contribution in [0.15, 0.2) is 58.9 Å². The summed E-state index contributed by atoms with van der Waals surface area (Å²) in [4.78, 5) is 24.3. The summed E-state index contributed by atoms with van der Waals surface area (Å²) in [7, 11) is 1.33. The second-order valence-corrected chi connectivity index (χ2v) is 7.70. The van der Waals surface area contributed by atoms with Gasteiger partial charge in [0.15, 0.2) is 5.84 Å². The Kier molecular flexibility index (Phi) is 6.60. The highest BCUT2D eigenvalue weighted by Crippen LogP contribution is 2.36. The number of amidine groups is 1. The Morgan fingerprint density at radius 2 is 2.10 bits per heavy atom. The summed E-state index contributed by atoms with van der Waals surface area (Å²) >= 11 is 6.37. The Bertz CT molecular complexity index is 1020. The van der Waals surface area contributed by atoms with E-state index in [4.69, 9.17) is 21.3 Å². The Morgan fingerprint density at radius 1 is 1.29 bits per heavy atom. The molecule has 0 saturated carbocycles. The van der Waals surface area contributed by atoms with Crippen LogP contribution in [0.1, 0.15) is 17.3 Å². The number of methoxy groups -OCH3 is 1. The van der Waals surface area contributed by atoms with Crippen LogP contribution >= 0.6 is 11.6 Å². The van der Waals surface area contributed by atoms with Crippen LogP contribution in [-0.2, 0) is 9.53 Å². The summed E-state index contributed by atoms with van der Waals surface area (Å²) in [6.07, 6.45) is 1.68. The first kappa shape index (κ1) is 21.4. The first-order valence-corrected chi connectivity index (χ1v) is 10.4. The summed E-state index contributed by atoms with van der Waals surface area (Å²) in [6.45, 7) is 3.94. The molecule has 0 spiro atoms. The molecule has 3 heterocycles. The molecule has 2 aromatic rings. The number of hydrogen-bond donors (Lipinski definition) is 2. The number of halogens is 2. The number of esters is 1. The number of aliphatic imine (C=N–C) groups is 1. The molecule has 1 aromatic heterocycles. The van der Waals surface area contributed by atoms with Crippen molar-refractivity contribution in [2.45, 2.75) is 6.04 Å². The number of carbonyl (C=O) groups excluding carboxylic acids is 1. The quantitative estimate of drug-likeness (QED) is 0.690. The maximum absolute atomic E-state index is 13.7. The third kappa shape index (κ3) is 4.76. The maximum atomic E-state index is 13.7. The first-order valence-electron chi connectivity index (χ1n) is 10.0. The lowest BCUT2D eigenvalue weighted by molar-refractivity contribution is -0.136. The van der Waals surface area contributed by atoms with Crippen LogP contribution in [0.2, 0.25) is 5.02 Å². The fraction of sp³-hybridized carbons (Fsp3) is 0.318. The van der Waals surface area contributed by atoms with Gasteiger partial charge >= 0.3 is 5.97 Å². The van der Waals surface area contributed by atoms with Crippen molar-refractivity contribution in [2.24, 2.45) is 4.99 Å². The normalized spacial score (nSPS) is 19.6. The van der Waals surface area contributed by atoms with Gasteiger partial charge in [-0.2, -0.15) is 0 Å². The van der Waals surface area contributed by atoms with Gasteiger partial charge in [-0.3, -0.25) is 14.9 Å². The molecule has 4 rings (SSSR count). The largest absolute Gasteiger partial charge is 0.466 e. The Balaban J connectivity index is 1.82. The van der Waals surface area contributed by atoms with Crippen molar-refractivity contribution in [3.05, 3.63) is 76.0 Å². The summed E-state index contributed by atoms with van der Waals surface area (Å²) in [5.41, 5.74) is 2.19. The van der Waals surface area contributed by atoms with E-state index in [9.17, 15) is 9.18 Å². The number of pyridine rings is 1. The van der Waals surface area contributed by atoms with Crippen molar-refractivity contribution in [1.29, 1.82) is 0 Å². The van der Waals surface area contributed by atoms with Crippen LogP contribution in [0, 0.1) is 5.82 Å². The maximum Gasteiger partial charge on any atom is 0.338 e. The van der Waals surface area contributed by atoms with Gasteiger partial charge in [0.1, 0.15) is 17.6 Å². The average Bonchev–Trinajstić information content (AvgIpc) is 2.79. The first-order chi connectivity index (χ1) is 15.1. The fourth-order valence-corrected chi connectivity index (χ4v) is 4.02. The average molecular weight is 444 g/mol. The van der Waals surface area contributed by atoms with E-state index in [1.165, 1.54) is 19.2 Å². The van der Waals surface area contributed by atoms with Gasteiger partial charge in [0.2, 0.25) is 0 Å². The molecule has 0 aliphatic carbocycles. The van der Waals surface area contributed by atoms with E-state index in [0.717, 1.165) is 26.2 Å². The van der Waals surface area contributed by atoms with Crippen molar-refractivity contribution in [3.8, 4) is 0 Å². The minimum Gasteiger partial charge on any atom is -0.466 e. The third-order valence-electron chi connectivity index (χ3n) is 5.29. The fourth-order valence-electron chi connectivity index (χ4n) is 3.74. The van der Waals surface area contributed by atoms with Gasteiger partial charge in [-0.1, -0.05) is 23.7 Å². The second-order valence-electron chi connectivity index (χ2n) is 7.30. The molecule has 31 heavy (non-hydrogen) atoms. The van der Waals surface area contributed by atoms with E-state index in [0.29, 0.717) is 34.9 Å². The number of piperazine rings is 1. The minimum atomic E-state index is -0.753. The number of ether oxygens (including phenoxy) is 1. The van der Waals surface area contributed by atoms with Gasteiger partial charge in [-0.15, -0.1) is 0 Å². The van der Waals surface area contributed by atoms with Gasteiger partial charge in [0.05, 0.1) is 12.7 Å². The van der Waals surface area contributed by atoms with Gasteiger partial charge in [-0.25, -0.2) is 9.18 Å². The van der Waals surface area contributed by atoms with Crippen molar-refractivity contribution >= 4 is 23.4 Å². The molecule has 1 atom stereocenters. The van der Waals surface area contributed by atoms with Crippen molar-refractivity contribution < 1.29 is 13.9 Å². The van der Waals surface area contributed by atoms with Crippen molar-refractivity contribution in [3.63, 3.8) is 0 Å². The SMILES string of the molecule is COC(=O)C1=C(CN2CCNCC2)NC(c2ccccn2)=NC1c1ccc(F)cc1Cl. The molecule has 1 fully saturated rings. The zero-order valence-electron chi connectivity index (χ0n) is 17.1. The Morgan fingerprint density at radius 3 is 2.77 bits per heavy atom. The summed E-state index contributed by atoms with van der Waals surface area (Å²) in [5, 5.41) is 6.82. The van der Waals surface area contributed by atoms with Crippen LogP contribution in [0.4, 0.5) is 4.39 Å². The van der Waals surface area contributed by atoms with Crippen LogP contribution in [0.5, 0.6) is 0 Å². The van der Waals surface area contributed by atoms with Gasteiger partial charge < -0.3 is 15.4 Å². The van der Waals surface area contributed by atoms with Crippen molar-refractivity contribution in [2.75, 3.05) is 39.8 Å². The number of nitrogens with one attached hydrogen (secondary N) is 2. The Hall–Kier alpha value is -2.81. The lowest BCUT2D eigenvalue weighted by Gasteiger charge is -2.32. The zero-order valence-corrected chi connectivity index (χ0v) is 17.8. The van der Waals surface area contributed by atoms with E-state index in [1.807, 2.05) is 18.2 Å². The number of benzene rings is 1. The van der Waals surface area contributed by atoms with Crippen LogP contribution in [0.3, 0.4) is 0 Å². The molecule has 7 nitrogen and oxygen atoms in total. The molecule has 1 aromatic carbocycles. The molecule has 1 unspecified atom stereocenters. The van der Waals surface area contributed by atoms with Crippen LogP contribution < -0.4 is 10.6 Å². The number of nitrogens with zero attached hydrogens (tertiary/aromatic N) is 3. The molecule has 9 heteroatoms. The van der Waals surface area contributed by atoms with E-state index >= 15 is 0 Å². The third-order valence-corrected chi connectivity index (χ3v) is 5.61. The van der Waals surface area contributed by atoms with Gasteiger partial charge in [0, 0.05) is 55.2 Å². The van der Waals surface area contributed by atoms with Crippen LogP contribution in [0.25, 0.3) is 0 Å². The minimum absolute atomic E-state index is 0.193. The smallest absolute Gasteiger partial charge is 0.338 e. The molecule has 0 bridgehead atoms. The highest BCUT2D eigenvalue weighted by atomic mass is 35.5. The van der Waals surface area contributed by atoms with E-state index in [2.05, 4.69) is 20.5 Å². The molecular weight excluding hydrogens is 421 g/mol. The van der Waals surface area contributed by atoms with E-state index in [1.54, 1.807) is 12.3 Å². The molecular formula is C22H23ClFN5O2. The molecule has 2 aliphatic heterocycles. The van der Waals surface area contributed by atoms with Gasteiger partial charge in [-0.05, 0) is 24.3 Å². The number of aromatic nitrogens is 1. The summed E-state index contributed by atoms with van der Waals surface area (Å²) in [6, 6.07) is 8.85. The molecule has 0 radical (unpaired) electrons. The molecule has 2 N–H and O–H groups in total. The molecule has 162 valence electrons. The number of rotatable bonds is 5. The lowest BCUT2D eigenvalue weighted by Crippen LogP contribution is -2.47. The summed E-state index contributed by atoms with van der Waals surface area (Å²) < 4.78 is 18.8. The predicted octanol–water partition coefficient (Wildman–Crippen LogP) is 2.30. The number of hydrogen-bond acceptors (Lipinski definition) is 7. The Labute approximate surface area is 185 Å². The standard InChI is InChI=1S/C22H23ClFN5O2/c1-31-22(30)19-18(13-29-10-8-25-9-11-29)27-21(17-4-2-3-7-26-17)28-20(19)15-6-5-14(24)12-16(15)23/h2-7,12,20,25H,8-11,13H2,1H3,(H,27,28). The lowest BCUT2D eigenvalue weighted by atomic mass is 9.94. The topological polar surface area (TPSA) is 78.9 Å². The predicted molar refractivity (Wildman–Crippen MR) is 116 cm³/mol. The summed E-state index contributed by atoms with van der Waals surface area (Å²) in [5.74, 6) is -0.447. The van der Waals surface area contributed by atoms with E-state index in [-0.39, 0.29) is 5.02 Å². The van der Waals surface area contributed by atoms with E-state index < -0.39 is 17.8 Å². The molecule has 2 aliphatic rings. The number of carbonyl (C=O) groups is 1. The van der Waals surface area contributed by atoms with Crippen LogP contribution in [-0.4, -0.2) is 61.5 Å². The highest BCUT2D eigenvalue weighted by molar-refractivity contribution is 6.31. The molecule has 0 amide bonds. The van der Waals surface area contributed by atoms with Gasteiger partial charge in [0.25, 0.3) is 0 Å². The monoisotopic (exact) mass is 443 g/mol. The molecule has 1 saturated heterocycles. The zero-order chi connectivity index (χ0) is 21.8. The van der Waals surface area contributed by atoms with Crippen molar-refractivity contribution in [1.82, 2.24) is 20.5 Å². The second kappa shape index (κ2) is 9.55.